The second kappa shape index (κ2) is 5.71. The first-order valence-corrected chi connectivity index (χ1v) is 6.00. The van der Waals surface area contributed by atoms with Crippen LogP contribution in [0.4, 0.5) is 17.6 Å². The van der Waals surface area contributed by atoms with Gasteiger partial charge in [0.05, 0.1) is 12.5 Å². The van der Waals surface area contributed by atoms with Crippen LogP contribution < -0.4 is 4.74 Å². The molecule has 106 valence electrons. The van der Waals surface area contributed by atoms with Crippen LogP contribution in [0.25, 0.3) is 0 Å². The molecule has 0 aliphatic rings. The Bertz CT molecular complexity index is 645. The van der Waals surface area contributed by atoms with E-state index in [0.717, 1.165) is 18.2 Å². The number of rotatable bonds is 3. The van der Waals surface area contributed by atoms with Gasteiger partial charge in [-0.3, -0.25) is 0 Å². The molecule has 1 atom stereocenters. The monoisotopic (exact) mass is 304 g/mol. The van der Waals surface area contributed by atoms with Crippen molar-refractivity contribution in [3.63, 3.8) is 0 Å². The van der Waals surface area contributed by atoms with Crippen LogP contribution in [-0.4, -0.2) is 7.11 Å². The fourth-order valence-corrected chi connectivity index (χ4v) is 2.09. The summed E-state index contributed by atoms with van der Waals surface area (Å²) in [6, 6.07) is 5.53. The van der Waals surface area contributed by atoms with Crippen molar-refractivity contribution in [1.29, 1.82) is 0 Å². The Morgan fingerprint density at radius 1 is 0.900 bits per heavy atom. The van der Waals surface area contributed by atoms with Crippen molar-refractivity contribution in [3.05, 3.63) is 64.7 Å². The van der Waals surface area contributed by atoms with Gasteiger partial charge in [0.25, 0.3) is 0 Å². The normalized spacial score (nSPS) is 12.3. The highest BCUT2D eigenvalue weighted by molar-refractivity contribution is 6.22. The number of benzene rings is 2. The van der Waals surface area contributed by atoms with Crippen molar-refractivity contribution in [2.75, 3.05) is 7.11 Å². The smallest absolute Gasteiger partial charge is 0.194 e. The summed E-state index contributed by atoms with van der Waals surface area (Å²) in [5.41, 5.74) is -0.396. The van der Waals surface area contributed by atoms with E-state index in [9.17, 15) is 17.6 Å². The third kappa shape index (κ3) is 2.58. The Morgan fingerprint density at radius 2 is 1.55 bits per heavy atom. The van der Waals surface area contributed by atoms with Crippen molar-refractivity contribution >= 4 is 11.6 Å². The van der Waals surface area contributed by atoms with E-state index in [1.165, 1.54) is 19.2 Å². The van der Waals surface area contributed by atoms with Gasteiger partial charge in [0, 0.05) is 17.2 Å². The minimum atomic E-state index is -1.64. The van der Waals surface area contributed by atoms with Crippen LogP contribution in [0.1, 0.15) is 16.5 Å². The van der Waals surface area contributed by atoms with Crippen LogP contribution >= 0.6 is 11.6 Å². The lowest BCUT2D eigenvalue weighted by molar-refractivity contribution is 0.410. The molecule has 0 fully saturated rings. The van der Waals surface area contributed by atoms with Crippen molar-refractivity contribution in [3.8, 4) is 5.75 Å². The third-order valence-corrected chi connectivity index (χ3v) is 3.29. The molecule has 1 unspecified atom stereocenters. The lowest BCUT2D eigenvalue weighted by Crippen LogP contribution is -2.03. The van der Waals surface area contributed by atoms with Gasteiger partial charge in [0.1, 0.15) is 11.6 Å². The Balaban J connectivity index is 2.46. The fourth-order valence-electron chi connectivity index (χ4n) is 1.74. The molecule has 1 nitrogen and oxygen atoms in total. The van der Waals surface area contributed by atoms with E-state index < -0.39 is 28.6 Å². The Morgan fingerprint density at radius 3 is 2.15 bits per heavy atom. The Labute approximate surface area is 117 Å². The molecule has 20 heavy (non-hydrogen) atoms. The predicted octanol–water partition coefficient (Wildman–Crippen LogP) is 4.58. The Hall–Kier alpha value is -1.75. The maximum absolute atomic E-state index is 13.8. The second-order valence-corrected chi connectivity index (χ2v) is 4.45. The van der Waals surface area contributed by atoms with E-state index in [2.05, 4.69) is 0 Å². The SMILES string of the molecule is COc1ccc(C(Cl)c2ccc(F)c(F)c2F)c(F)c1. The largest absolute Gasteiger partial charge is 0.497 e. The molecule has 0 radical (unpaired) electrons. The van der Waals surface area contributed by atoms with Crippen LogP contribution in [0.5, 0.6) is 5.75 Å². The summed E-state index contributed by atoms with van der Waals surface area (Å²) in [5.74, 6) is -4.86. The number of hydrogen-bond donors (Lipinski definition) is 0. The molecular weight excluding hydrogens is 296 g/mol. The first-order chi connectivity index (χ1) is 9.45. The summed E-state index contributed by atoms with van der Waals surface area (Å²) < 4.78 is 58.3. The zero-order chi connectivity index (χ0) is 14.9. The van der Waals surface area contributed by atoms with Gasteiger partial charge in [-0.1, -0.05) is 12.1 Å². The van der Waals surface area contributed by atoms with E-state index in [4.69, 9.17) is 16.3 Å². The molecule has 0 spiro atoms. The number of methoxy groups -OCH3 is 1. The number of halogens is 5. The van der Waals surface area contributed by atoms with E-state index in [0.29, 0.717) is 0 Å². The quantitative estimate of drug-likeness (QED) is 0.458. The fraction of sp³-hybridized carbons (Fsp3) is 0.143. The summed E-state index contributed by atoms with van der Waals surface area (Å²) in [5, 5.41) is -1.28. The molecule has 2 rings (SSSR count). The van der Waals surface area contributed by atoms with Crippen molar-refractivity contribution in [2.24, 2.45) is 0 Å². The zero-order valence-corrected chi connectivity index (χ0v) is 11.0. The average Bonchev–Trinajstić information content (AvgIpc) is 2.44. The first kappa shape index (κ1) is 14.7. The molecule has 2 aromatic rings. The van der Waals surface area contributed by atoms with Gasteiger partial charge < -0.3 is 4.74 Å². The van der Waals surface area contributed by atoms with Crippen molar-refractivity contribution in [2.45, 2.75) is 5.38 Å². The molecule has 6 heteroatoms. The lowest BCUT2D eigenvalue weighted by Gasteiger charge is -2.13. The predicted molar refractivity (Wildman–Crippen MR) is 67.0 cm³/mol. The summed E-state index contributed by atoms with van der Waals surface area (Å²) in [6.45, 7) is 0. The van der Waals surface area contributed by atoms with E-state index in [1.807, 2.05) is 0 Å². The van der Waals surface area contributed by atoms with E-state index in [-0.39, 0.29) is 16.9 Å². The first-order valence-electron chi connectivity index (χ1n) is 5.56. The van der Waals surface area contributed by atoms with Crippen LogP contribution in [0.2, 0.25) is 0 Å². The number of alkyl halides is 1. The third-order valence-electron chi connectivity index (χ3n) is 2.82. The summed E-state index contributed by atoms with van der Waals surface area (Å²) in [7, 11) is 1.36. The van der Waals surface area contributed by atoms with Crippen LogP contribution in [0.15, 0.2) is 30.3 Å². The number of hydrogen-bond acceptors (Lipinski definition) is 1. The van der Waals surface area contributed by atoms with Crippen LogP contribution in [0.3, 0.4) is 0 Å². The molecule has 0 saturated heterocycles. The molecule has 0 saturated carbocycles. The molecule has 0 amide bonds. The maximum atomic E-state index is 13.8. The highest BCUT2D eigenvalue weighted by Gasteiger charge is 2.23. The van der Waals surface area contributed by atoms with Gasteiger partial charge in [-0.15, -0.1) is 11.6 Å². The number of ether oxygens (including phenoxy) is 1. The summed E-state index contributed by atoms with van der Waals surface area (Å²) in [6.07, 6.45) is 0. The minimum absolute atomic E-state index is 0.0580. The molecule has 2 aromatic carbocycles. The molecule has 0 heterocycles. The minimum Gasteiger partial charge on any atom is -0.497 e. The Kier molecular flexibility index (Phi) is 4.18. The second-order valence-electron chi connectivity index (χ2n) is 4.01. The lowest BCUT2D eigenvalue weighted by atomic mass is 10.0. The van der Waals surface area contributed by atoms with Crippen molar-refractivity contribution < 1.29 is 22.3 Å². The van der Waals surface area contributed by atoms with Crippen LogP contribution in [-0.2, 0) is 0 Å². The van der Waals surface area contributed by atoms with Gasteiger partial charge in [0.2, 0.25) is 0 Å². The standard InChI is InChI=1S/C14H9ClF4O/c1-20-7-2-3-8(11(17)6-7)12(15)9-4-5-10(16)14(19)13(9)18/h2-6,12H,1H3. The van der Waals surface area contributed by atoms with Crippen LogP contribution in [0, 0.1) is 23.3 Å². The van der Waals surface area contributed by atoms with Gasteiger partial charge >= 0.3 is 0 Å². The molecule has 0 aromatic heterocycles. The topological polar surface area (TPSA) is 9.23 Å². The molecule has 0 aliphatic carbocycles. The van der Waals surface area contributed by atoms with Gasteiger partial charge in [-0.2, -0.15) is 0 Å². The summed E-state index contributed by atoms with van der Waals surface area (Å²) >= 11 is 5.95. The van der Waals surface area contributed by atoms with Crippen molar-refractivity contribution in [1.82, 2.24) is 0 Å². The summed E-state index contributed by atoms with van der Waals surface area (Å²) in [4.78, 5) is 0. The highest BCUT2D eigenvalue weighted by Crippen LogP contribution is 2.34. The van der Waals surface area contributed by atoms with Gasteiger partial charge in [0.15, 0.2) is 17.5 Å². The molecule has 0 aliphatic heterocycles. The van der Waals surface area contributed by atoms with E-state index in [1.54, 1.807) is 0 Å². The molecule has 0 bridgehead atoms. The molecular formula is C14H9ClF4O. The zero-order valence-electron chi connectivity index (χ0n) is 10.3. The maximum Gasteiger partial charge on any atom is 0.194 e. The molecule has 0 N–H and O–H groups in total. The van der Waals surface area contributed by atoms with E-state index >= 15 is 0 Å². The highest BCUT2D eigenvalue weighted by atomic mass is 35.5. The van der Waals surface area contributed by atoms with Gasteiger partial charge in [-0.05, 0) is 12.1 Å². The van der Waals surface area contributed by atoms with Gasteiger partial charge in [-0.25, -0.2) is 17.6 Å². The average molecular weight is 305 g/mol.